The minimum Gasteiger partial charge on any atom is -0.478 e. The van der Waals surface area contributed by atoms with E-state index in [-0.39, 0.29) is 17.4 Å². The number of carboxylic acid groups (broad SMARTS) is 1. The number of carboxylic acids is 1. The van der Waals surface area contributed by atoms with Crippen LogP contribution >= 0.6 is 11.5 Å². The van der Waals surface area contributed by atoms with Crippen molar-refractivity contribution in [3.05, 3.63) is 11.3 Å². The zero-order valence-corrected chi connectivity index (χ0v) is 11.5. The summed E-state index contributed by atoms with van der Waals surface area (Å²) < 4.78 is 3.98. The van der Waals surface area contributed by atoms with E-state index in [1.54, 1.807) is 14.0 Å². The largest absolute Gasteiger partial charge is 0.478 e. The molecule has 0 saturated carbocycles. The Morgan fingerprint density at radius 3 is 2.67 bits per heavy atom. The smallest absolute Gasteiger partial charge is 0.340 e. The van der Waals surface area contributed by atoms with Gasteiger partial charge in [-0.1, -0.05) is 6.92 Å². The molecule has 0 saturated heterocycles. The number of carbonyl (C=O) groups excluding carboxylic acids is 1. The third kappa shape index (κ3) is 3.05. The van der Waals surface area contributed by atoms with Gasteiger partial charge in [-0.3, -0.25) is 4.79 Å². The van der Waals surface area contributed by atoms with Crippen molar-refractivity contribution in [2.75, 3.05) is 18.5 Å². The van der Waals surface area contributed by atoms with Gasteiger partial charge in [0.1, 0.15) is 10.6 Å². The second kappa shape index (κ2) is 5.92. The Morgan fingerprint density at radius 1 is 1.56 bits per heavy atom. The van der Waals surface area contributed by atoms with Gasteiger partial charge in [-0.05, 0) is 30.9 Å². The van der Waals surface area contributed by atoms with E-state index in [0.29, 0.717) is 23.7 Å². The van der Waals surface area contributed by atoms with Crippen LogP contribution in [0.4, 0.5) is 5.00 Å². The second-order valence-corrected chi connectivity index (χ2v) is 5.00. The zero-order valence-electron chi connectivity index (χ0n) is 10.6. The molecule has 0 fully saturated rings. The standard InChI is InChI=1S/C11H17N3O3S/c1-6(5-12)4-8(15)14(3)10-9(11(16)17)7(2)13-18-10/h6H,4-5,12H2,1-3H3,(H,16,17). The summed E-state index contributed by atoms with van der Waals surface area (Å²) >= 11 is 1.02. The van der Waals surface area contributed by atoms with Crippen LogP contribution in [0.3, 0.4) is 0 Å². The molecular weight excluding hydrogens is 254 g/mol. The molecule has 1 unspecified atom stereocenters. The Labute approximate surface area is 110 Å². The maximum atomic E-state index is 12.0. The average molecular weight is 271 g/mol. The topological polar surface area (TPSA) is 96.5 Å². The monoisotopic (exact) mass is 271 g/mol. The third-order valence-electron chi connectivity index (χ3n) is 2.66. The lowest BCUT2D eigenvalue weighted by atomic mass is 10.1. The van der Waals surface area contributed by atoms with Crippen LogP contribution < -0.4 is 10.6 Å². The molecule has 1 amide bonds. The molecule has 7 heteroatoms. The molecule has 0 aliphatic heterocycles. The van der Waals surface area contributed by atoms with E-state index in [1.807, 2.05) is 6.92 Å². The average Bonchev–Trinajstić information content (AvgIpc) is 2.69. The minimum absolute atomic E-state index is 0.0715. The van der Waals surface area contributed by atoms with E-state index in [9.17, 15) is 9.59 Å². The summed E-state index contributed by atoms with van der Waals surface area (Å²) in [6.07, 6.45) is 0.295. The lowest BCUT2D eigenvalue weighted by Gasteiger charge is -2.17. The maximum Gasteiger partial charge on any atom is 0.340 e. The van der Waals surface area contributed by atoms with Gasteiger partial charge in [0.2, 0.25) is 5.91 Å². The number of nitrogens with zero attached hydrogens (tertiary/aromatic N) is 2. The van der Waals surface area contributed by atoms with Crippen LogP contribution in [-0.2, 0) is 4.79 Å². The van der Waals surface area contributed by atoms with Gasteiger partial charge >= 0.3 is 5.97 Å². The van der Waals surface area contributed by atoms with Crippen LogP contribution in [-0.4, -0.2) is 34.9 Å². The van der Waals surface area contributed by atoms with E-state index >= 15 is 0 Å². The fraction of sp³-hybridized carbons (Fsp3) is 0.545. The summed E-state index contributed by atoms with van der Waals surface area (Å²) in [5.41, 5.74) is 5.99. The van der Waals surface area contributed by atoms with Crippen LogP contribution in [0, 0.1) is 12.8 Å². The SMILES string of the molecule is Cc1nsc(N(C)C(=O)CC(C)CN)c1C(=O)O. The molecule has 0 radical (unpaired) electrons. The number of hydrogen-bond acceptors (Lipinski definition) is 5. The Morgan fingerprint density at radius 2 is 2.17 bits per heavy atom. The van der Waals surface area contributed by atoms with Crippen molar-refractivity contribution in [1.29, 1.82) is 0 Å². The Balaban J connectivity index is 2.94. The maximum absolute atomic E-state index is 12.0. The fourth-order valence-electron chi connectivity index (χ4n) is 1.46. The molecule has 0 spiro atoms. The van der Waals surface area contributed by atoms with E-state index in [4.69, 9.17) is 10.8 Å². The van der Waals surface area contributed by atoms with E-state index in [0.717, 1.165) is 11.5 Å². The molecular formula is C11H17N3O3S. The molecule has 1 aromatic rings. The van der Waals surface area contributed by atoms with Crippen LogP contribution in [0.2, 0.25) is 0 Å². The van der Waals surface area contributed by atoms with Gasteiger partial charge in [-0.15, -0.1) is 0 Å². The predicted molar refractivity (Wildman–Crippen MR) is 70.1 cm³/mol. The predicted octanol–water partition coefficient (Wildman–Crippen LogP) is 1.10. The number of carbonyl (C=O) groups is 2. The summed E-state index contributed by atoms with van der Waals surface area (Å²) in [6.45, 7) is 3.92. The van der Waals surface area contributed by atoms with Gasteiger partial charge in [0.25, 0.3) is 0 Å². The molecule has 0 aliphatic rings. The van der Waals surface area contributed by atoms with Gasteiger partial charge in [-0.25, -0.2) is 4.79 Å². The van der Waals surface area contributed by atoms with Crippen LogP contribution in [0.25, 0.3) is 0 Å². The zero-order chi connectivity index (χ0) is 13.9. The summed E-state index contributed by atoms with van der Waals surface area (Å²) in [6, 6.07) is 0. The molecule has 1 aromatic heterocycles. The Bertz CT molecular complexity index is 458. The quantitative estimate of drug-likeness (QED) is 0.835. The van der Waals surface area contributed by atoms with Crippen molar-refractivity contribution in [3.63, 3.8) is 0 Å². The highest BCUT2D eigenvalue weighted by Crippen LogP contribution is 2.28. The molecule has 0 aromatic carbocycles. The van der Waals surface area contributed by atoms with Crippen molar-refractivity contribution >= 4 is 28.4 Å². The molecule has 0 bridgehead atoms. The molecule has 0 aliphatic carbocycles. The van der Waals surface area contributed by atoms with Crippen molar-refractivity contribution in [3.8, 4) is 0 Å². The van der Waals surface area contributed by atoms with Gasteiger partial charge in [0.05, 0.1) is 5.69 Å². The highest BCUT2D eigenvalue weighted by Gasteiger charge is 2.24. The van der Waals surface area contributed by atoms with Crippen molar-refractivity contribution in [2.45, 2.75) is 20.3 Å². The first kappa shape index (κ1) is 14.6. The minimum atomic E-state index is -1.07. The van der Waals surface area contributed by atoms with E-state index in [2.05, 4.69) is 4.37 Å². The van der Waals surface area contributed by atoms with Crippen LogP contribution in [0.15, 0.2) is 0 Å². The number of hydrogen-bond donors (Lipinski definition) is 2. The lowest BCUT2D eigenvalue weighted by Crippen LogP contribution is -2.29. The molecule has 18 heavy (non-hydrogen) atoms. The Kier molecular flexibility index (Phi) is 4.80. The third-order valence-corrected chi connectivity index (χ3v) is 3.68. The summed E-state index contributed by atoms with van der Waals surface area (Å²) in [7, 11) is 1.56. The van der Waals surface area contributed by atoms with E-state index in [1.165, 1.54) is 4.90 Å². The normalized spacial score (nSPS) is 12.2. The number of anilines is 1. The first-order chi connectivity index (χ1) is 8.38. The number of nitrogens with two attached hydrogens (primary N) is 1. The van der Waals surface area contributed by atoms with E-state index < -0.39 is 5.97 Å². The Hall–Kier alpha value is -1.47. The van der Waals surface area contributed by atoms with Gasteiger partial charge in [-0.2, -0.15) is 4.37 Å². The van der Waals surface area contributed by atoms with Gasteiger partial charge in [0.15, 0.2) is 0 Å². The van der Waals surface area contributed by atoms with Gasteiger partial charge < -0.3 is 15.7 Å². The molecule has 3 N–H and O–H groups in total. The molecule has 1 rings (SSSR count). The first-order valence-electron chi connectivity index (χ1n) is 5.54. The van der Waals surface area contributed by atoms with Crippen molar-refractivity contribution < 1.29 is 14.7 Å². The molecule has 100 valence electrons. The van der Waals surface area contributed by atoms with Gasteiger partial charge in [0, 0.05) is 13.5 Å². The van der Waals surface area contributed by atoms with Crippen molar-refractivity contribution in [1.82, 2.24) is 4.37 Å². The van der Waals surface area contributed by atoms with Crippen LogP contribution in [0.1, 0.15) is 29.4 Å². The van der Waals surface area contributed by atoms with Crippen molar-refractivity contribution in [2.24, 2.45) is 11.7 Å². The highest BCUT2D eigenvalue weighted by molar-refractivity contribution is 7.11. The molecule has 1 heterocycles. The summed E-state index contributed by atoms with van der Waals surface area (Å²) in [5, 5.41) is 9.47. The number of rotatable bonds is 5. The first-order valence-corrected chi connectivity index (χ1v) is 6.32. The fourth-order valence-corrected chi connectivity index (χ4v) is 2.33. The van der Waals surface area contributed by atoms with Crippen LogP contribution in [0.5, 0.6) is 0 Å². The number of amides is 1. The number of aromatic carboxylic acids is 1. The molecule has 6 nitrogen and oxygen atoms in total. The number of aromatic nitrogens is 1. The second-order valence-electron chi connectivity index (χ2n) is 4.25. The summed E-state index contributed by atoms with van der Waals surface area (Å²) in [4.78, 5) is 24.4. The molecule has 1 atom stereocenters. The highest BCUT2D eigenvalue weighted by atomic mass is 32.1. The number of aryl methyl sites for hydroxylation is 1. The lowest BCUT2D eigenvalue weighted by molar-refractivity contribution is -0.119. The summed E-state index contributed by atoms with van der Waals surface area (Å²) in [5.74, 6) is -1.15.